The van der Waals surface area contributed by atoms with Crippen LogP contribution in [-0.2, 0) is 0 Å². The summed E-state index contributed by atoms with van der Waals surface area (Å²) in [6.45, 7) is 2.69. The number of pyridine rings is 1. The van der Waals surface area contributed by atoms with Gasteiger partial charge >= 0.3 is 5.97 Å². The van der Waals surface area contributed by atoms with Crippen molar-refractivity contribution >= 4 is 23.4 Å². The van der Waals surface area contributed by atoms with Gasteiger partial charge in [0.1, 0.15) is 5.82 Å². The first-order valence-corrected chi connectivity index (χ1v) is 5.59. The number of halogens is 1. The number of hydrogen-bond acceptors (Lipinski definition) is 4. The van der Waals surface area contributed by atoms with Gasteiger partial charge in [0.25, 0.3) is 0 Å². The summed E-state index contributed by atoms with van der Waals surface area (Å²) in [7, 11) is 3.93. The van der Waals surface area contributed by atoms with Gasteiger partial charge in [-0.2, -0.15) is 0 Å². The molecule has 1 unspecified atom stereocenters. The summed E-state index contributed by atoms with van der Waals surface area (Å²) in [5, 5.41) is 12.1. The minimum Gasteiger partial charge on any atom is -0.478 e. The highest BCUT2D eigenvalue weighted by molar-refractivity contribution is 6.35. The van der Waals surface area contributed by atoms with E-state index in [9.17, 15) is 4.79 Å². The van der Waals surface area contributed by atoms with Crippen molar-refractivity contribution in [2.75, 3.05) is 26.0 Å². The van der Waals surface area contributed by atoms with Gasteiger partial charge in [0.05, 0.1) is 10.6 Å². The third-order valence-corrected chi connectivity index (χ3v) is 2.95. The third-order valence-electron chi connectivity index (χ3n) is 2.57. The molecular formula is C11H16ClN3O2. The summed E-state index contributed by atoms with van der Waals surface area (Å²) in [6.07, 6.45) is 1.43. The van der Waals surface area contributed by atoms with Crippen LogP contribution < -0.4 is 5.32 Å². The Kier molecular flexibility index (Phi) is 4.72. The van der Waals surface area contributed by atoms with Crippen molar-refractivity contribution in [2.24, 2.45) is 0 Å². The number of rotatable bonds is 5. The molecule has 5 nitrogen and oxygen atoms in total. The number of carbonyl (C=O) groups is 1. The van der Waals surface area contributed by atoms with Crippen molar-refractivity contribution in [1.82, 2.24) is 9.88 Å². The van der Waals surface area contributed by atoms with Crippen LogP contribution in [0.5, 0.6) is 0 Å². The molecular weight excluding hydrogens is 242 g/mol. The highest BCUT2D eigenvalue weighted by Crippen LogP contribution is 2.23. The maximum Gasteiger partial charge on any atom is 0.337 e. The molecule has 94 valence electrons. The van der Waals surface area contributed by atoms with E-state index in [1.54, 1.807) is 0 Å². The fourth-order valence-electron chi connectivity index (χ4n) is 1.16. The average Bonchev–Trinajstić information content (AvgIpc) is 2.26. The van der Waals surface area contributed by atoms with Gasteiger partial charge in [0.15, 0.2) is 0 Å². The first-order valence-electron chi connectivity index (χ1n) is 5.21. The minimum atomic E-state index is -1.05. The molecule has 0 bridgehead atoms. The van der Waals surface area contributed by atoms with Crippen LogP contribution in [0.3, 0.4) is 0 Å². The second-order valence-electron chi connectivity index (χ2n) is 4.02. The Morgan fingerprint density at radius 3 is 2.82 bits per heavy atom. The molecule has 17 heavy (non-hydrogen) atoms. The smallest absolute Gasteiger partial charge is 0.337 e. The molecule has 0 aliphatic heterocycles. The predicted octanol–water partition coefficient (Wildman–Crippen LogP) is 1.80. The van der Waals surface area contributed by atoms with Crippen molar-refractivity contribution in [1.29, 1.82) is 0 Å². The largest absolute Gasteiger partial charge is 0.478 e. The van der Waals surface area contributed by atoms with Crippen LogP contribution in [0, 0.1) is 0 Å². The molecule has 0 radical (unpaired) electrons. The van der Waals surface area contributed by atoms with Crippen molar-refractivity contribution in [2.45, 2.75) is 13.0 Å². The van der Waals surface area contributed by atoms with Gasteiger partial charge in [-0.05, 0) is 27.1 Å². The Morgan fingerprint density at radius 2 is 2.29 bits per heavy atom. The van der Waals surface area contributed by atoms with E-state index in [4.69, 9.17) is 16.7 Å². The monoisotopic (exact) mass is 257 g/mol. The number of hydrogen-bond donors (Lipinski definition) is 2. The number of anilines is 1. The van der Waals surface area contributed by atoms with Gasteiger partial charge in [-0.3, -0.25) is 0 Å². The summed E-state index contributed by atoms with van der Waals surface area (Å²) < 4.78 is 0. The first-order chi connectivity index (χ1) is 7.93. The van der Waals surface area contributed by atoms with E-state index in [2.05, 4.69) is 10.3 Å². The number of nitrogens with one attached hydrogen (secondary N) is 1. The van der Waals surface area contributed by atoms with E-state index in [0.717, 1.165) is 0 Å². The number of aromatic nitrogens is 1. The van der Waals surface area contributed by atoms with E-state index in [-0.39, 0.29) is 10.6 Å². The average molecular weight is 258 g/mol. The molecule has 0 spiro atoms. The second-order valence-corrected chi connectivity index (χ2v) is 4.40. The molecule has 1 heterocycles. The third kappa shape index (κ3) is 3.57. The molecule has 1 rings (SSSR count). The van der Waals surface area contributed by atoms with Crippen molar-refractivity contribution in [3.05, 3.63) is 22.8 Å². The Hall–Kier alpha value is -1.33. The molecule has 0 aromatic carbocycles. The van der Waals surface area contributed by atoms with Crippen molar-refractivity contribution in [3.8, 4) is 0 Å². The van der Waals surface area contributed by atoms with E-state index >= 15 is 0 Å². The molecule has 1 aromatic rings. The van der Waals surface area contributed by atoms with Crippen LogP contribution in [-0.4, -0.2) is 47.6 Å². The zero-order valence-corrected chi connectivity index (χ0v) is 10.8. The van der Waals surface area contributed by atoms with Gasteiger partial charge in [0, 0.05) is 18.8 Å². The summed E-state index contributed by atoms with van der Waals surface area (Å²) in [6, 6.07) is 1.67. The van der Waals surface area contributed by atoms with E-state index in [1.165, 1.54) is 12.3 Å². The maximum absolute atomic E-state index is 10.9. The van der Waals surface area contributed by atoms with E-state index in [1.807, 2.05) is 25.9 Å². The zero-order valence-electron chi connectivity index (χ0n) is 10.1. The number of carboxylic acid groups (broad SMARTS) is 1. The molecule has 0 saturated heterocycles. The lowest BCUT2D eigenvalue weighted by molar-refractivity contribution is 0.0697. The van der Waals surface area contributed by atoms with Gasteiger partial charge < -0.3 is 15.3 Å². The fourth-order valence-corrected chi connectivity index (χ4v) is 1.42. The molecule has 0 aliphatic rings. The normalized spacial score (nSPS) is 12.5. The second kappa shape index (κ2) is 5.84. The van der Waals surface area contributed by atoms with Gasteiger partial charge in [-0.25, -0.2) is 9.78 Å². The Morgan fingerprint density at radius 1 is 1.65 bits per heavy atom. The van der Waals surface area contributed by atoms with E-state index < -0.39 is 5.97 Å². The summed E-state index contributed by atoms with van der Waals surface area (Å²) >= 11 is 5.95. The number of likely N-dealkylation sites (N-methyl/N-ethyl adjacent to an activating group) is 1. The topological polar surface area (TPSA) is 65.5 Å². The van der Waals surface area contributed by atoms with Crippen LogP contribution in [0.25, 0.3) is 0 Å². The lowest BCUT2D eigenvalue weighted by Gasteiger charge is -2.20. The Bertz CT molecular complexity index is 410. The van der Waals surface area contributed by atoms with Crippen LogP contribution in [0.2, 0.25) is 5.02 Å². The van der Waals surface area contributed by atoms with E-state index in [0.29, 0.717) is 18.4 Å². The SMILES string of the molecule is CC(CNc1nccc(C(=O)O)c1Cl)N(C)C. The quantitative estimate of drug-likeness (QED) is 0.842. The van der Waals surface area contributed by atoms with Crippen molar-refractivity contribution in [3.63, 3.8) is 0 Å². The lowest BCUT2D eigenvalue weighted by atomic mass is 10.2. The highest BCUT2D eigenvalue weighted by Gasteiger charge is 2.13. The van der Waals surface area contributed by atoms with Crippen LogP contribution in [0.4, 0.5) is 5.82 Å². The molecule has 1 aromatic heterocycles. The summed E-state index contributed by atoms with van der Waals surface area (Å²) in [5.74, 6) is -0.652. The summed E-state index contributed by atoms with van der Waals surface area (Å²) in [4.78, 5) is 16.9. The number of carboxylic acids is 1. The van der Waals surface area contributed by atoms with Crippen LogP contribution in [0.1, 0.15) is 17.3 Å². The molecule has 0 saturated carbocycles. The molecule has 0 aliphatic carbocycles. The van der Waals surface area contributed by atoms with Crippen molar-refractivity contribution < 1.29 is 9.90 Å². The van der Waals surface area contributed by atoms with Gasteiger partial charge in [-0.1, -0.05) is 11.6 Å². The zero-order chi connectivity index (χ0) is 13.0. The van der Waals surface area contributed by atoms with Crippen LogP contribution in [0.15, 0.2) is 12.3 Å². The maximum atomic E-state index is 10.9. The number of aromatic carboxylic acids is 1. The summed E-state index contributed by atoms with van der Waals surface area (Å²) in [5.41, 5.74) is 0.0571. The molecule has 2 N–H and O–H groups in total. The highest BCUT2D eigenvalue weighted by atomic mass is 35.5. The first kappa shape index (κ1) is 13.7. The Labute approximate surface area is 105 Å². The molecule has 0 amide bonds. The fraction of sp³-hybridized carbons (Fsp3) is 0.455. The standard InChI is InChI=1S/C11H16ClN3O2/c1-7(15(2)3)6-14-10-9(12)8(11(16)17)4-5-13-10/h4-5,7H,6H2,1-3H3,(H,13,14)(H,16,17). The van der Waals surface area contributed by atoms with Gasteiger partial charge in [-0.15, -0.1) is 0 Å². The lowest BCUT2D eigenvalue weighted by Crippen LogP contribution is -2.31. The predicted molar refractivity (Wildman–Crippen MR) is 67.8 cm³/mol. The molecule has 6 heteroatoms. The minimum absolute atomic E-state index is 0.0571. The molecule has 1 atom stereocenters. The Balaban J connectivity index is 2.79. The van der Waals surface area contributed by atoms with Gasteiger partial charge in [0.2, 0.25) is 0 Å². The molecule has 0 fully saturated rings. The van der Waals surface area contributed by atoms with Crippen LogP contribution >= 0.6 is 11.6 Å². The number of nitrogens with zero attached hydrogens (tertiary/aromatic N) is 2.